The number of allylic oxidation sites excluding steroid dienone is 1. The van der Waals surface area contributed by atoms with E-state index in [1.165, 1.54) is 18.3 Å². The summed E-state index contributed by atoms with van der Waals surface area (Å²) in [5.41, 5.74) is -2.08. The fourth-order valence-corrected chi connectivity index (χ4v) is 3.15. The zero-order valence-corrected chi connectivity index (χ0v) is 13.4. The monoisotopic (exact) mass is 380 g/mol. The molecule has 0 amide bonds. The molecule has 2 heterocycles. The molecule has 2 aromatic carbocycles. The molecule has 1 aromatic heterocycles. The summed E-state index contributed by atoms with van der Waals surface area (Å²) in [6, 6.07) is 10.3. The Morgan fingerprint density at radius 2 is 1.56 bits per heavy atom. The van der Waals surface area contributed by atoms with Gasteiger partial charge in [-0.1, -0.05) is 24.3 Å². The first-order valence-corrected chi connectivity index (χ1v) is 7.80. The third-order valence-electron chi connectivity index (χ3n) is 4.27. The maximum absolute atomic E-state index is 13.7. The van der Waals surface area contributed by atoms with E-state index in [0.717, 1.165) is 23.1 Å². The standard InChI is InChI=1S/C19H10F6N2/c20-18(21,22)13-5-2-6-14(10-13)27-15(19(23,24)25)9-12-4-1-3-11-7-8-26-17(27)16(11)12/h1-10H. The van der Waals surface area contributed by atoms with E-state index in [4.69, 9.17) is 0 Å². The predicted molar refractivity (Wildman–Crippen MR) is 89.4 cm³/mol. The summed E-state index contributed by atoms with van der Waals surface area (Å²) >= 11 is 0. The van der Waals surface area contributed by atoms with Gasteiger partial charge < -0.3 is 0 Å². The molecule has 1 aliphatic heterocycles. The van der Waals surface area contributed by atoms with Crippen LogP contribution in [0.2, 0.25) is 0 Å². The molecular formula is C19H10F6N2. The molecule has 138 valence electrons. The molecule has 0 fully saturated rings. The summed E-state index contributed by atoms with van der Waals surface area (Å²) in [5.74, 6) is -0.0581. The van der Waals surface area contributed by atoms with Crippen LogP contribution >= 0.6 is 0 Å². The van der Waals surface area contributed by atoms with Gasteiger partial charge in [0.1, 0.15) is 11.5 Å². The van der Waals surface area contributed by atoms with Crippen LogP contribution in [0.1, 0.15) is 11.1 Å². The summed E-state index contributed by atoms with van der Waals surface area (Å²) in [4.78, 5) is 4.78. The topological polar surface area (TPSA) is 16.1 Å². The quantitative estimate of drug-likeness (QED) is 0.460. The summed E-state index contributed by atoms with van der Waals surface area (Å²) in [7, 11) is 0. The Bertz CT molecular complexity index is 1060. The lowest BCUT2D eigenvalue weighted by Crippen LogP contribution is -2.30. The van der Waals surface area contributed by atoms with Crippen LogP contribution in [0.4, 0.5) is 37.8 Å². The highest BCUT2D eigenvalue weighted by molar-refractivity contribution is 6.04. The SMILES string of the molecule is FC(F)(F)C1=Cc2cccc3ccnc(c23)N1c1cccc(C(F)(F)F)c1. The molecule has 0 radical (unpaired) electrons. The van der Waals surface area contributed by atoms with Crippen LogP contribution in [-0.2, 0) is 6.18 Å². The van der Waals surface area contributed by atoms with Gasteiger partial charge in [0.2, 0.25) is 0 Å². The van der Waals surface area contributed by atoms with Crippen LogP contribution in [0.15, 0.2) is 60.4 Å². The zero-order valence-electron chi connectivity index (χ0n) is 13.4. The Balaban J connectivity index is 2.01. The Morgan fingerprint density at radius 3 is 2.26 bits per heavy atom. The van der Waals surface area contributed by atoms with Crippen molar-refractivity contribution in [3.63, 3.8) is 0 Å². The number of hydrogen-bond donors (Lipinski definition) is 0. The number of rotatable bonds is 1. The minimum absolute atomic E-state index is 0.0581. The smallest absolute Gasteiger partial charge is 0.290 e. The average molecular weight is 380 g/mol. The first-order valence-electron chi connectivity index (χ1n) is 7.80. The van der Waals surface area contributed by atoms with Crippen molar-refractivity contribution in [2.75, 3.05) is 4.90 Å². The van der Waals surface area contributed by atoms with Crippen LogP contribution in [0.5, 0.6) is 0 Å². The number of aromatic nitrogens is 1. The maximum atomic E-state index is 13.7. The fourth-order valence-electron chi connectivity index (χ4n) is 3.15. The van der Waals surface area contributed by atoms with Crippen LogP contribution in [0.3, 0.4) is 0 Å². The van der Waals surface area contributed by atoms with E-state index in [0.29, 0.717) is 22.4 Å². The Hall–Kier alpha value is -3.03. The first kappa shape index (κ1) is 17.4. The van der Waals surface area contributed by atoms with Gasteiger partial charge in [-0.05, 0) is 41.3 Å². The van der Waals surface area contributed by atoms with Crippen LogP contribution in [-0.4, -0.2) is 11.2 Å². The minimum Gasteiger partial charge on any atom is -0.290 e. The third-order valence-corrected chi connectivity index (χ3v) is 4.27. The van der Waals surface area contributed by atoms with Gasteiger partial charge in [0.25, 0.3) is 0 Å². The van der Waals surface area contributed by atoms with E-state index in [-0.39, 0.29) is 11.5 Å². The highest BCUT2D eigenvalue weighted by Gasteiger charge is 2.42. The molecule has 0 aliphatic carbocycles. The number of nitrogens with zero attached hydrogens (tertiary/aromatic N) is 2. The van der Waals surface area contributed by atoms with Gasteiger partial charge in [0.05, 0.1) is 5.56 Å². The van der Waals surface area contributed by atoms with Crippen molar-refractivity contribution < 1.29 is 26.3 Å². The number of alkyl halides is 6. The molecule has 0 N–H and O–H groups in total. The number of pyridine rings is 1. The van der Waals surface area contributed by atoms with Crippen molar-refractivity contribution in [1.82, 2.24) is 4.98 Å². The van der Waals surface area contributed by atoms with Crippen molar-refractivity contribution in [3.8, 4) is 0 Å². The van der Waals surface area contributed by atoms with Gasteiger partial charge >= 0.3 is 12.4 Å². The Morgan fingerprint density at radius 1 is 0.815 bits per heavy atom. The molecule has 0 bridgehead atoms. The van der Waals surface area contributed by atoms with E-state index in [1.807, 2.05) is 0 Å². The maximum Gasteiger partial charge on any atom is 0.431 e. The van der Waals surface area contributed by atoms with Crippen LogP contribution in [0, 0.1) is 0 Å². The van der Waals surface area contributed by atoms with Crippen molar-refractivity contribution >= 4 is 28.4 Å². The molecule has 4 rings (SSSR count). The van der Waals surface area contributed by atoms with Crippen molar-refractivity contribution in [2.24, 2.45) is 0 Å². The summed E-state index contributed by atoms with van der Waals surface area (Å²) in [6.45, 7) is 0. The molecule has 0 saturated heterocycles. The Labute approximate surface area is 149 Å². The molecule has 0 saturated carbocycles. The van der Waals surface area contributed by atoms with E-state index >= 15 is 0 Å². The molecule has 3 aromatic rings. The van der Waals surface area contributed by atoms with Gasteiger partial charge in [0.15, 0.2) is 0 Å². The normalized spacial score (nSPS) is 14.4. The predicted octanol–water partition coefficient (Wildman–Crippen LogP) is 6.31. The van der Waals surface area contributed by atoms with Gasteiger partial charge in [-0.2, -0.15) is 26.3 Å². The van der Waals surface area contributed by atoms with E-state index in [1.54, 1.807) is 18.2 Å². The molecule has 0 atom stereocenters. The second kappa shape index (κ2) is 5.73. The van der Waals surface area contributed by atoms with E-state index in [9.17, 15) is 26.3 Å². The number of benzene rings is 2. The Kier molecular flexibility index (Phi) is 3.69. The molecule has 1 aliphatic rings. The van der Waals surface area contributed by atoms with Crippen molar-refractivity contribution in [3.05, 3.63) is 71.6 Å². The zero-order chi connectivity index (χ0) is 19.4. The lowest BCUT2D eigenvalue weighted by molar-refractivity contribution is -0.137. The molecular weight excluding hydrogens is 370 g/mol. The molecule has 27 heavy (non-hydrogen) atoms. The molecule has 8 heteroatoms. The van der Waals surface area contributed by atoms with Crippen molar-refractivity contribution in [2.45, 2.75) is 12.4 Å². The number of halogens is 6. The molecule has 0 unspecified atom stereocenters. The van der Waals surface area contributed by atoms with E-state index < -0.39 is 23.6 Å². The highest BCUT2D eigenvalue weighted by Crippen LogP contribution is 2.46. The van der Waals surface area contributed by atoms with E-state index in [2.05, 4.69) is 4.98 Å². The van der Waals surface area contributed by atoms with Gasteiger partial charge in [-0.15, -0.1) is 0 Å². The van der Waals surface area contributed by atoms with Crippen LogP contribution < -0.4 is 4.90 Å². The number of hydrogen-bond acceptors (Lipinski definition) is 2. The van der Waals surface area contributed by atoms with Gasteiger partial charge in [0, 0.05) is 17.3 Å². The lowest BCUT2D eigenvalue weighted by atomic mass is 9.99. The number of anilines is 2. The first-order chi connectivity index (χ1) is 12.7. The fraction of sp³-hybridized carbons (Fsp3) is 0.105. The molecule has 0 spiro atoms. The third kappa shape index (κ3) is 2.90. The summed E-state index contributed by atoms with van der Waals surface area (Å²) in [6.07, 6.45) is -7.20. The van der Waals surface area contributed by atoms with Crippen molar-refractivity contribution in [1.29, 1.82) is 0 Å². The largest absolute Gasteiger partial charge is 0.431 e. The minimum atomic E-state index is -4.79. The summed E-state index contributed by atoms with van der Waals surface area (Å²) < 4.78 is 80.4. The lowest BCUT2D eigenvalue weighted by Gasteiger charge is -2.32. The van der Waals surface area contributed by atoms with Gasteiger partial charge in [-0.3, -0.25) is 4.90 Å². The second-order valence-corrected chi connectivity index (χ2v) is 5.99. The van der Waals surface area contributed by atoms with Crippen LogP contribution in [0.25, 0.3) is 16.8 Å². The second-order valence-electron chi connectivity index (χ2n) is 5.99. The summed E-state index contributed by atoms with van der Waals surface area (Å²) in [5, 5.41) is 1.09. The van der Waals surface area contributed by atoms with Gasteiger partial charge in [-0.25, -0.2) is 4.98 Å². The average Bonchev–Trinajstić information content (AvgIpc) is 2.60. The highest BCUT2D eigenvalue weighted by atomic mass is 19.4. The molecule has 2 nitrogen and oxygen atoms in total.